The molecule has 1 rings (SSSR count). The van der Waals surface area contributed by atoms with Gasteiger partial charge >= 0.3 is 0 Å². The average molecular weight is 392 g/mol. The van der Waals surface area contributed by atoms with Crippen LogP contribution in [0.3, 0.4) is 0 Å². The fourth-order valence-electron chi connectivity index (χ4n) is 2.12. The second-order valence-electron chi connectivity index (χ2n) is 4.72. The van der Waals surface area contributed by atoms with Gasteiger partial charge in [-0.3, -0.25) is 0 Å². The van der Waals surface area contributed by atoms with Crippen LogP contribution >= 0.6 is 31.9 Å². The van der Waals surface area contributed by atoms with Gasteiger partial charge in [0.1, 0.15) is 0 Å². The van der Waals surface area contributed by atoms with Gasteiger partial charge in [0.2, 0.25) is 0 Å². The third-order valence-corrected chi connectivity index (χ3v) is 4.61. The highest BCUT2D eigenvalue weighted by atomic mass is 79.9. The SMILES string of the molecule is CCN(CC)CCCNC(C)c1ccc(Br)cc1Br. The molecular weight excluding hydrogens is 368 g/mol. The van der Waals surface area contributed by atoms with Crippen molar-refractivity contribution in [3.8, 4) is 0 Å². The molecule has 0 amide bonds. The van der Waals surface area contributed by atoms with Crippen LogP contribution in [0.4, 0.5) is 0 Å². The van der Waals surface area contributed by atoms with Crippen LogP contribution in [0.15, 0.2) is 27.1 Å². The normalized spacial score (nSPS) is 12.9. The van der Waals surface area contributed by atoms with E-state index in [0.717, 1.165) is 28.6 Å². The van der Waals surface area contributed by atoms with E-state index in [1.165, 1.54) is 18.5 Å². The Hall–Kier alpha value is 0.1000. The Kier molecular flexibility index (Phi) is 8.23. The summed E-state index contributed by atoms with van der Waals surface area (Å²) >= 11 is 7.11. The Morgan fingerprint density at radius 2 is 1.89 bits per heavy atom. The Morgan fingerprint density at radius 3 is 2.47 bits per heavy atom. The lowest BCUT2D eigenvalue weighted by atomic mass is 10.1. The van der Waals surface area contributed by atoms with Gasteiger partial charge in [-0.25, -0.2) is 0 Å². The predicted molar refractivity (Wildman–Crippen MR) is 90.7 cm³/mol. The molecule has 4 heteroatoms. The number of rotatable bonds is 8. The minimum Gasteiger partial charge on any atom is -0.310 e. The van der Waals surface area contributed by atoms with Crippen molar-refractivity contribution in [3.63, 3.8) is 0 Å². The molecule has 0 aromatic heterocycles. The van der Waals surface area contributed by atoms with Crippen LogP contribution in [0, 0.1) is 0 Å². The van der Waals surface area contributed by atoms with Crippen molar-refractivity contribution in [1.29, 1.82) is 0 Å². The Morgan fingerprint density at radius 1 is 1.21 bits per heavy atom. The maximum Gasteiger partial charge on any atom is 0.0302 e. The lowest BCUT2D eigenvalue weighted by Crippen LogP contribution is -2.28. The van der Waals surface area contributed by atoms with E-state index in [2.05, 4.69) is 81.0 Å². The molecule has 0 aliphatic heterocycles. The van der Waals surface area contributed by atoms with Crippen LogP contribution in [0.5, 0.6) is 0 Å². The van der Waals surface area contributed by atoms with Crippen LogP contribution in [-0.2, 0) is 0 Å². The smallest absolute Gasteiger partial charge is 0.0302 e. The maximum absolute atomic E-state index is 3.62. The van der Waals surface area contributed by atoms with Crippen molar-refractivity contribution in [2.75, 3.05) is 26.2 Å². The number of hydrogen-bond acceptors (Lipinski definition) is 2. The van der Waals surface area contributed by atoms with E-state index in [1.807, 2.05) is 0 Å². The second kappa shape index (κ2) is 9.11. The van der Waals surface area contributed by atoms with E-state index in [0.29, 0.717) is 6.04 Å². The first-order valence-electron chi connectivity index (χ1n) is 6.99. The Bertz CT molecular complexity index is 378. The molecule has 0 spiro atoms. The molecule has 0 saturated heterocycles. The zero-order chi connectivity index (χ0) is 14.3. The molecule has 0 bridgehead atoms. The summed E-state index contributed by atoms with van der Waals surface area (Å²) in [6.45, 7) is 11.2. The first-order valence-corrected chi connectivity index (χ1v) is 8.57. The number of hydrogen-bond donors (Lipinski definition) is 1. The molecule has 1 unspecified atom stereocenters. The third-order valence-electron chi connectivity index (χ3n) is 3.43. The largest absolute Gasteiger partial charge is 0.310 e. The molecule has 1 atom stereocenters. The quantitative estimate of drug-likeness (QED) is 0.651. The summed E-state index contributed by atoms with van der Waals surface area (Å²) in [6.07, 6.45) is 1.19. The summed E-state index contributed by atoms with van der Waals surface area (Å²) in [5.74, 6) is 0. The van der Waals surface area contributed by atoms with Gasteiger partial charge < -0.3 is 10.2 Å². The second-order valence-corrected chi connectivity index (χ2v) is 6.49. The fourth-order valence-corrected chi connectivity index (χ4v) is 3.51. The van der Waals surface area contributed by atoms with Crippen LogP contribution in [0.2, 0.25) is 0 Å². The zero-order valence-electron chi connectivity index (χ0n) is 12.0. The zero-order valence-corrected chi connectivity index (χ0v) is 15.2. The highest BCUT2D eigenvalue weighted by Gasteiger charge is 2.09. The standard InChI is InChI=1S/C15H24Br2N2/c1-4-19(5-2)10-6-9-18-12(3)14-8-7-13(16)11-15(14)17/h7-8,11-12,18H,4-6,9-10H2,1-3H3. The van der Waals surface area contributed by atoms with Gasteiger partial charge in [-0.1, -0.05) is 51.8 Å². The van der Waals surface area contributed by atoms with Crippen LogP contribution < -0.4 is 5.32 Å². The minimum absolute atomic E-state index is 0.374. The Labute approximate surface area is 134 Å². The van der Waals surface area contributed by atoms with Crippen molar-refractivity contribution < 1.29 is 0 Å². The van der Waals surface area contributed by atoms with E-state index < -0.39 is 0 Å². The van der Waals surface area contributed by atoms with E-state index >= 15 is 0 Å². The number of nitrogens with zero attached hydrogens (tertiary/aromatic N) is 1. The van der Waals surface area contributed by atoms with Gasteiger partial charge in [0, 0.05) is 15.0 Å². The molecule has 1 aromatic carbocycles. The van der Waals surface area contributed by atoms with E-state index in [1.54, 1.807) is 0 Å². The minimum atomic E-state index is 0.374. The van der Waals surface area contributed by atoms with Gasteiger partial charge in [0.25, 0.3) is 0 Å². The van der Waals surface area contributed by atoms with E-state index in [4.69, 9.17) is 0 Å². The number of nitrogens with one attached hydrogen (secondary N) is 1. The van der Waals surface area contributed by atoms with E-state index in [9.17, 15) is 0 Å². The molecule has 0 aliphatic carbocycles. The predicted octanol–water partition coefficient (Wildman–Crippen LogP) is 4.59. The van der Waals surface area contributed by atoms with E-state index in [-0.39, 0.29) is 0 Å². The van der Waals surface area contributed by atoms with Crippen molar-refractivity contribution >= 4 is 31.9 Å². The lowest BCUT2D eigenvalue weighted by Gasteiger charge is -2.20. The highest BCUT2D eigenvalue weighted by Crippen LogP contribution is 2.26. The summed E-state index contributed by atoms with van der Waals surface area (Å²) in [4.78, 5) is 2.46. The van der Waals surface area contributed by atoms with Gasteiger partial charge in [-0.05, 0) is 57.2 Å². The lowest BCUT2D eigenvalue weighted by molar-refractivity contribution is 0.296. The molecule has 0 saturated carbocycles. The molecule has 0 fully saturated rings. The molecule has 19 heavy (non-hydrogen) atoms. The molecule has 0 aliphatic rings. The first kappa shape index (κ1) is 17.2. The van der Waals surface area contributed by atoms with Gasteiger partial charge in [-0.2, -0.15) is 0 Å². The first-order chi connectivity index (χ1) is 9.08. The van der Waals surface area contributed by atoms with Crippen molar-refractivity contribution in [3.05, 3.63) is 32.7 Å². The molecular formula is C15H24Br2N2. The van der Waals surface area contributed by atoms with Crippen LogP contribution in [-0.4, -0.2) is 31.1 Å². The van der Waals surface area contributed by atoms with Crippen LogP contribution in [0.25, 0.3) is 0 Å². The summed E-state index contributed by atoms with van der Waals surface area (Å²) < 4.78 is 2.27. The third kappa shape index (κ3) is 5.94. The molecule has 1 aromatic rings. The molecule has 1 N–H and O–H groups in total. The van der Waals surface area contributed by atoms with Gasteiger partial charge in [0.05, 0.1) is 0 Å². The van der Waals surface area contributed by atoms with Gasteiger partial charge in [0.15, 0.2) is 0 Å². The fraction of sp³-hybridized carbons (Fsp3) is 0.600. The summed E-state index contributed by atoms with van der Waals surface area (Å²) in [5.41, 5.74) is 1.31. The molecule has 108 valence electrons. The molecule has 0 heterocycles. The maximum atomic E-state index is 3.62. The number of halogens is 2. The average Bonchev–Trinajstić information content (AvgIpc) is 2.38. The number of benzene rings is 1. The monoisotopic (exact) mass is 390 g/mol. The van der Waals surface area contributed by atoms with Crippen LogP contribution in [0.1, 0.15) is 38.8 Å². The summed E-state index contributed by atoms with van der Waals surface area (Å²) in [7, 11) is 0. The Balaban J connectivity index is 2.37. The van der Waals surface area contributed by atoms with Crippen molar-refractivity contribution in [2.24, 2.45) is 0 Å². The highest BCUT2D eigenvalue weighted by molar-refractivity contribution is 9.11. The summed E-state index contributed by atoms with van der Waals surface area (Å²) in [5, 5.41) is 3.59. The summed E-state index contributed by atoms with van der Waals surface area (Å²) in [6, 6.07) is 6.73. The molecule has 0 radical (unpaired) electrons. The van der Waals surface area contributed by atoms with Crippen molar-refractivity contribution in [1.82, 2.24) is 10.2 Å². The topological polar surface area (TPSA) is 15.3 Å². The van der Waals surface area contributed by atoms with Gasteiger partial charge in [-0.15, -0.1) is 0 Å². The van der Waals surface area contributed by atoms with Crippen molar-refractivity contribution in [2.45, 2.75) is 33.2 Å². The molecule has 2 nitrogen and oxygen atoms in total.